The van der Waals surface area contributed by atoms with E-state index in [1.165, 1.54) is 0 Å². The van der Waals surface area contributed by atoms with Gasteiger partial charge < -0.3 is 9.64 Å². The third kappa shape index (κ3) is 2.85. The summed E-state index contributed by atoms with van der Waals surface area (Å²) in [5.41, 5.74) is 1.74. The lowest BCUT2D eigenvalue weighted by atomic mass is 10.1. The van der Waals surface area contributed by atoms with Gasteiger partial charge in [0.15, 0.2) is 6.29 Å². The molecule has 0 saturated carbocycles. The highest BCUT2D eigenvalue weighted by molar-refractivity contribution is 5.98. The van der Waals surface area contributed by atoms with E-state index in [9.17, 15) is 9.59 Å². The van der Waals surface area contributed by atoms with Crippen molar-refractivity contribution in [2.24, 2.45) is 0 Å². The fourth-order valence-corrected chi connectivity index (χ4v) is 2.87. The number of carbonyl (C=O) groups is 2. The van der Waals surface area contributed by atoms with Crippen molar-refractivity contribution in [2.75, 3.05) is 13.1 Å². The Morgan fingerprint density at radius 1 is 1.23 bits per heavy atom. The van der Waals surface area contributed by atoms with Crippen molar-refractivity contribution < 1.29 is 14.3 Å². The molecule has 5 nitrogen and oxygen atoms in total. The highest BCUT2D eigenvalue weighted by atomic mass is 16.5. The first-order chi connectivity index (χ1) is 10.6. The molecule has 3 rings (SSSR count). The van der Waals surface area contributed by atoms with Gasteiger partial charge in [-0.1, -0.05) is 6.07 Å². The van der Waals surface area contributed by atoms with E-state index in [0.29, 0.717) is 29.9 Å². The van der Waals surface area contributed by atoms with E-state index in [0.717, 1.165) is 11.7 Å². The average molecular weight is 298 g/mol. The number of fused-ring (bicyclic) bond motifs is 1. The van der Waals surface area contributed by atoms with Gasteiger partial charge in [-0.3, -0.25) is 9.59 Å². The standard InChI is InChI=1S/C17H18N2O3/c1-11-8-19(9-12(2)22-11)17(21)14-4-6-16-13(7-14)3-5-15(10-20)18-16/h3-7,10-12H,8-9H2,1-2H3. The molecule has 0 spiro atoms. The highest BCUT2D eigenvalue weighted by Crippen LogP contribution is 2.18. The molecule has 2 aromatic rings. The number of nitrogens with zero attached hydrogens (tertiary/aromatic N) is 2. The Labute approximate surface area is 128 Å². The van der Waals surface area contributed by atoms with Crippen LogP contribution < -0.4 is 0 Å². The Morgan fingerprint density at radius 2 is 1.95 bits per heavy atom. The maximum Gasteiger partial charge on any atom is 0.254 e. The predicted octanol–water partition coefficient (Wildman–Crippen LogP) is 2.30. The first-order valence-electron chi connectivity index (χ1n) is 7.37. The van der Waals surface area contributed by atoms with E-state index in [2.05, 4.69) is 4.98 Å². The molecule has 22 heavy (non-hydrogen) atoms. The van der Waals surface area contributed by atoms with Gasteiger partial charge >= 0.3 is 0 Å². The van der Waals surface area contributed by atoms with Crippen LogP contribution in [0.1, 0.15) is 34.7 Å². The Bertz CT molecular complexity index is 719. The SMILES string of the molecule is CC1CN(C(=O)c2ccc3nc(C=O)ccc3c2)CC(C)O1. The summed E-state index contributed by atoms with van der Waals surface area (Å²) >= 11 is 0. The van der Waals surface area contributed by atoms with Crippen LogP contribution in [0, 0.1) is 0 Å². The number of carbonyl (C=O) groups excluding carboxylic acids is 2. The van der Waals surface area contributed by atoms with E-state index >= 15 is 0 Å². The predicted molar refractivity (Wildman–Crippen MR) is 83.0 cm³/mol. The molecule has 114 valence electrons. The summed E-state index contributed by atoms with van der Waals surface area (Å²) in [5, 5.41) is 0.853. The molecule has 1 saturated heterocycles. The minimum absolute atomic E-state index is 0.00311. The fraction of sp³-hybridized carbons (Fsp3) is 0.353. The van der Waals surface area contributed by atoms with E-state index < -0.39 is 0 Å². The second kappa shape index (κ2) is 5.85. The molecule has 1 aromatic heterocycles. The molecular weight excluding hydrogens is 280 g/mol. The normalized spacial score (nSPS) is 21.8. The second-order valence-electron chi connectivity index (χ2n) is 5.73. The maximum absolute atomic E-state index is 12.7. The monoisotopic (exact) mass is 298 g/mol. The number of hydrogen-bond acceptors (Lipinski definition) is 4. The number of aromatic nitrogens is 1. The van der Waals surface area contributed by atoms with E-state index in [4.69, 9.17) is 4.74 Å². The molecule has 5 heteroatoms. The van der Waals surface area contributed by atoms with Crippen LogP contribution in [0.15, 0.2) is 30.3 Å². The van der Waals surface area contributed by atoms with Gasteiger partial charge in [0, 0.05) is 24.0 Å². The van der Waals surface area contributed by atoms with Gasteiger partial charge in [-0.15, -0.1) is 0 Å². The van der Waals surface area contributed by atoms with Crippen LogP contribution in [0.4, 0.5) is 0 Å². The number of ether oxygens (including phenoxy) is 1. The molecule has 0 aliphatic carbocycles. The van der Waals surface area contributed by atoms with Gasteiger partial charge in [-0.05, 0) is 38.1 Å². The minimum atomic E-state index is 0.00311. The molecule has 0 radical (unpaired) electrons. The summed E-state index contributed by atoms with van der Waals surface area (Å²) in [5.74, 6) is 0.00311. The van der Waals surface area contributed by atoms with Crippen molar-refractivity contribution in [2.45, 2.75) is 26.1 Å². The summed E-state index contributed by atoms with van der Waals surface area (Å²) in [7, 11) is 0. The minimum Gasteiger partial charge on any atom is -0.372 e. The summed E-state index contributed by atoms with van der Waals surface area (Å²) in [6.07, 6.45) is 0.810. The fourth-order valence-electron chi connectivity index (χ4n) is 2.87. The highest BCUT2D eigenvalue weighted by Gasteiger charge is 2.26. The number of morpholine rings is 1. The van der Waals surface area contributed by atoms with Crippen molar-refractivity contribution in [1.29, 1.82) is 0 Å². The number of pyridine rings is 1. The third-order valence-electron chi connectivity index (χ3n) is 3.79. The Morgan fingerprint density at radius 3 is 2.64 bits per heavy atom. The average Bonchev–Trinajstić information content (AvgIpc) is 2.52. The molecule has 1 amide bonds. The molecule has 0 bridgehead atoms. The van der Waals surface area contributed by atoms with E-state index in [1.54, 1.807) is 18.2 Å². The van der Waals surface area contributed by atoms with Gasteiger partial charge in [0.25, 0.3) is 5.91 Å². The molecule has 1 fully saturated rings. The summed E-state index contributed by atoms with van der Waals surface area (Å²) in [6.45, 7) is 5.15. The van der Waals surface area contributed by atoms with Gasteiger partial charge in [0.1, 0.15) is 5.69 Å². The number of rotatable bonds is 2. The van der Waals surface area contributed by atoms with Crippen molar-refractivity contribution in [3.8, 4) is 0 Å². The topological polar surface area (TPSA) is 59.5 Å². The first kappa shape index (κ1) is 14.7. The van der Waals surface area contributed by atoms with Crippen LogP contribution >= 0.6 is 0 Å². The molecule has 1 aliphatic heterocycles. The molecule has 2 heterocycles. The second-order valence-corrected chi connectivity index (χ2v) is 5.73. The molecular formula is C17H18N2O3. The van der Waals surface area contributed by atoms with Crippen LogP contribution in [0.2, 0.25) is 0 Å². The molecule has 2 unspecified atom stereocenters. The Kier molecular flexibility index (Phi) is 3.90. The smallest absolute Gasteiger partial charge is 0.254 e. The molecule has 1 aliphatic rings. The maximum atomic E-state index is 12.7. The van der Waals surface area contributed by atoms with E-state index in [-0.39, 0.29) is 18.1 Å². The van der Waals surface area contributed by atoms with Crippen LogP contribution in [0.25, 0.3) is 10.9 Å². The van der Waals surface area contributed by atoms with Gasteiger partial charge in [-0.2, -0.15) is 0 Å². The van der Waals surface area contributed by atoms with Crippen LogP contribution in [0.3, 0.4) is 0 Å². The Balaban J connectivity index is 1.89. The number of aldehydes is 1. The van der Waals surface area contributed by atoms with Crippen molar-refractivity contribution in [3.05, 3.63) is 41.6 Å². The van der Waals surface area contributed by atoms with Crippen LogP contribution in [-0.2, 0) is 4.74 Å². The first-order valence-corrected chi connectivity index (χ1v) is 7.37. The van der Waals surface area contributed by atoms with Crippen molar-refractivity contribution >= 4 is 23.1 Å². The zero-order valence-corrected chi connectivity index (χ0v) is 12.7. The van der Waals surface area contributed by atoms with Gasteiger partial charge in [-0.25, -0.2) is 4.98 Å². The van der Waals surface area contributed by atoms with Gasteiger partial charge in [0.2, 0.25) is 0 Å². The van der Waals surface area contributed by atoms with Gasteiger partial charge in [0.05, 0.1) is 17.7 Å². The zero-order valence-electron chi connectivity index (χ0n) is 12.7. The summed E-state index contributed by atoms with van der Waals surface area (Å²) in [6, 6.07) is 8.83. The lowest BCUT2D eigenvalue weighted by Crippen LogP contribution is -2.48. The summed E-state index contributed by atoms with van der Waals surface area (Å²) in [4.78, 5) is 29.5. The lowest BCUT2D eigenvalue weighted by Gasteiger charge is -2.35. The third-order valence-corrected chi connectivity index (χ3v) is 3.79. The van der Waals surface area contributed by atoms with Crippen LogP contribution in [0.5, 0.6) is 0 Å². The number of benzene rings is 1. The molecule has 1 aromatic carbocycles. The molecule has 2 atom stereocenters. The Hall–Kier alpha value is -2.27. The molecule has 0 N–H and O–H groups in total. The zero-order chi connectivity index (χ0) is 15.7. The summed E-state index contributed by atoms with van der Waals surface area (Å²) < 4.78 is 5.66. The largest absolute Gasteiger partial charge is 0.372 e. The number of hydrogen-bond donors (Lipinski definition) is 0. The lowest BCUT2D eigenvalue weighted by molar-refractivity contribution is -0.0586. The van der Waals surface area contributed by atoms with E-state index in [1.807, 2.05) is 30.9 Å². The van der Waals surface area contributed by atoms with Crippen molar-refractivity contribution in [1.82, 2.24) is 9.88 Å². The number of amides is 1. The van der Waals surface area contributed by atoms with Crippen LogP contribution in [-0.4, -0.2) is 47.4 Å². The van der Waals surface area contributed by atoms with Crippen molar-refractivity contribution in [3.63, 3.8) is 0 Å². The quantitative estimate of drug-likeness (QED) is 0.798.